The first-order valence-electron chi connectivity index (χ1n) is 9.50. The molecule has 2 aliphatic rings. The van der Waals surface area contributed by atoms with Gasteiger partial charge in [0.05, 0.1) is 24.2 Å². The number of ether oxygens (including phenoxy) is 1. The Bertz CT molecular complexity index is 816. The molecule has 3 rings (SSSR count). The highest BCUT2D eigenvalue weighted by Gasteiger charge is 2.31. The second-order valence-corrected chi connectivity index (χ2v) is 9.22. The summed E-state index contributed by atoms with van der Waals surface area (Å²) in [6.07, 6.45) is 0.123. The summed E-state index contributed by atoms with van der Waals surface area (Å²) in [6, 6.07) is 5.98. The molecule has 0 spiro atoms. The molecular formula is C19H27N3O5S. The number of sulfonamides is 1. The van der Waals surface area contributed by atoms with E-state index in [0.29, 0.717) is 31.8 Å². The Kier molecular flexibility index (Phi) is 6.49. The maximum atomic E-state index is 12.8. The van der Waals surface area contributed by atoms with Crippen LogP contribution in [-0.4, -0.2) is 92.7 Å². The van der Waals surface area contributed by atoms with E-state index in [1.165, 1.54) is 35.5 Å². The van der Waals surface area contributed by atoms with E-state index in [4.69, 9.17) is 4.74 Å². The van der Waals surface area contributed by atoms with Crippen molar-refractivity contribution in [1.29, 1.82) is 0 Å². The lowest BCUT2D eigenvalue weighted by molar-refractivity contribution is -0.135. The van der Waals surface area contributed by atoms with Crippen molar-refractivity contribution in [1.82, 2.24) is 14.1 Å². The fourth-order valence-corrected chi connectivity index (χ4v) is 4.94. The van der Waals surface area contributed by atoms with Crippen molar-refractivity contribution in [3.05, 3.63) is 29.8 Å². The number of rotatable bonds is 5. The zero-order chi connectivity index (χ0) is 20.3. The second kappa shape index (κ2) is 8.69. The van der Waals surface area contributed by atoms with Crippen LogP contribution in [0.5, 0.6) is 0 Å². The molecule has 0 aromatic heterocycles. The first-order chi connectivity index (χ1) is 13.3. The summed E-state index contributed by atoms with van der Waals surface area (Å²) in [5, 5.41) is 0. The summed E-state index contributed by atoms with van der Waals surface area (Å²) >= 11 is 0. The van der Waals surface area contributed by atoms with Crippen molar-refractivity contribution in [2.75, 3.05) is 52.4 Å². The average molecular weight is 410 g/mol. The molecule has 0 N–H and O–H groups in total. The monoisotopic (exact) mass is 409 g/mol. The van der Waals surface area contributed by atoms with Crippen LogP contribution >= 0.6 is 0 Å². The Morgan fingerprint density at radius 1 is 1.07 bits per heavy atom. The summed E-state index contributed by atoms with van der Waals surface area (Å²) in [7, 11) is -3.63. The third kappa shape index (κ3) is 4.78. The molecule has 28 heavy (non-hydrogen) atoms. The summed E-state index contributed by atoms with van der Waals surface area (Å²) in [4.78, 5) is 27.9. The number of hydrogen-bond donors (Lipinski definition) is 0. The smallest absolute Gasteiger partial charge is 0.243 e. The Hall–Kier alpha value is -1.81. The molecule has 1 unspecified atom stereocenters. The van der Waals surface area contributed by atoms with Crippen LogP contribution in [0.4, 0.5) is 0 Å². The van der Waals surface area contributed by atoms with E-state index in [1.807, 2.05) is 6.92 Å². The second-order valence-electron chi connectivity index (χ2n) is 7.28. The lowest BCUT2D eigenvalue weighted by Crippen LogP contribution is -2.53. The molecule has 0 radical (unpaired) electrons. The lowest BCUT2D eigenvalue weighted by atomic mass is 10.2. The number of hydrogen-bond acceptors (Lipinski definition) is 6. The van der Waals surface area contributed by atoms with Crippen LogP contribution in [0.3, 0.4) is 0 Å². The topological polar surface area (TPSA) is 87.2 Å². The van der Waals surface area contributed by atoms with Crippen molar-refractivity contribution in [3.63, 3.8) is 0 Å². The third-order valence-corrected chi connectivity index (χ3v) is 7.09. The van der Waals surface area contributed by atoms with Crippen LogP contribution in [0, 0.1) is 0 Å². The summed E-state index contributed by atoms with van der Waals surface area (Å²) in [5.74, 6) is -0.0808. The van der Waals surface area contributed by atoms with Gasteiger partial charge in [-0.05, 0) is 26.0 Å². The minimum Gasteiger partial charge on any atom is -0.376 e. The number of morpholine rings is 1. The fourth-order valence-electron chi connectivity index (χ4n) is 3.51. The number of carbonyl (C=O) groups is 2. The highest BCUT2D eigenvalue weighted by Crippen LogP contribution is 2.19. The summed E-state index contributed by atoms with van der Waals surface area (Å²) in [6.45, 7) is 7.16. The number of nitrogens with zero attached hydrogens (tertiary/aromatic N) is 3. The maximum Gasteiger partial charge on any atom is 0.243 e. The van der Waals surface area contributed by atoms with Crippen LogP contribution in [0.15, 0.2) is 29.2 Å². The Morgan fingerprint density at radius 2 is 1.71 bits per heavy atom. The van der Waals surface area contributed by atoms with E-state index in [2.05, 4.69) is 4.90 Å². The van der Waals surface area contributed by atoms with Crippen molar-refractivity contribution in [2.24, 2.45) is 0 Å². The molecule has 9 heteroatoms. The molecule has 8 nitrogen and oxygen atoms in total. The SMILES string of the molecule is CC(=O)c1ccc(S(=O)(=O)N2CCN(C(=O)CN3CCOC(C)C3)CC2)cc1. The molecule has 1 aromatic rings. The lowest BCUT2D eigenvalue weighted by Gasteiger charge is -2.36. The molecule has 154 valence electrons. The van der Waals surface area contributed by atoms with E-state index in [9.17, 15) is 18.0 Å². The Labute approximate surface area is 166 Å². The highest BCUT2D eigenvalue weighted by atomic mass is 32.2. The van der Waals surface area contributed by atoms with Crippen LogP contribution in [-0.2, 0) is 19.6 Å². The number of Topliss-reactive ketones (excluding diaryl/α,β-unsaturated/α-hetero) is 1. The third-order valence-electron chi connectivity index (χ3n) is 5.17. The predicted molar refractivity (Wildman–Crippen MR) is 104 cm³/mol. The van der Waals surface area contributed by atoms with Gasteiger partial charge in [-0.15, -0.1) is 0 Å². The Morgan fingerprint density at radius 3 is 2.29 bits per heavy atom. The quantitative estimate of drug-likeness (QED) is 0.656. The van der Waals surface area contributed by atoms with Crippen LogP contribution in [0.1, 0.15) is 24.2 Å². The van der Waals surface area contributed by atoms with Gasteiger partial charge in [-0.3, -0.25) is 14.5 Å². The molecule has 1 atom stereocenters. The van der Waals surface area contributed by atoms with Crippen molar-refractivity contribution in [3.8, 4) is 0 Å². The van der Waals surface area contributed by atoms with Gasteiger partial charge < -0.3 is 9.64 Å². The van der Waals surface area contributed by atoms with Gasteiger partial charge in [0.15, 0.2) is 5.78 Å². The van der Waals surface area contributed by atoms with E-state index < -0.39 is 10.0 Å². The van der Waals surface area contributed by atoms with Gasteiger partial charge in [0.1, 0.15) is 0 Å². The number of piperazine rings is 1. The highest BCUT2D eigenvalue weighted by molar-refractivity contribution is 7.89. The fraction of sp³-hybridized carbons (Fsp3) is 0.579. The summed E-state index contributed by atoms with van der Waals surface area (Å²) in [5.41, 5.74) is 0.479. The van der Waals surface area contributed by atoms with Gasteiger partial charge in [0.2, 0.25) is 15.9 Å². The van der Waals surface area contributed by atoms with Gasteiger partial charge in [-0.2, -0.15) is 4.31 Å². The molecule has 0 bridgehead atoms. The van der Waals surface area contributed by atoms with Crippen LogP contribution in [0.25, 0.3) is 0 Å². The van der Waals surface area contributed by atoms with E-state index in [-0.39, 0.29) is 35.8 Å². The van der Waals surface area contributed by atoms with E-state index >= 15 is 0 Å². The van der Waals surface area contributed by atoms with Gasteiger partial charge in [0.25, 0.3) is 0 Å². The maximum absolute atomic E-state index is 12.8. The van der Waals surface area contributed by atoms with Gasteiger partial charge in [-0.1, -0.05) is 12.1 Å². The summed E-state index contributed by atoms with van der Waals surface area (Å²) < 4.78 is 32.5. The first-order valence-corrected chi connectivity index (χ1v) is 10.9. The molecule has 2 fully saturated rings. The Balaban J connectivity index is 1.56. The molecule has 2 heterocycles. The minimum atomic E-state index is -3.63. The van der Waals surface area contributed by atoms with E-state index in [0.717, 1.165) is 13.1 Å². The molecule has 0 aliphatic carbocycles. The van der Waals surface area contributed by atoms with Crippen molar-refractivity contribution >= 4 is 21.7 Å². The molecule has 1 aromatic carbocycles. The normalized spacial score (nSPS) is 22.2. The average Bonchev–Trinajstić information content (AvgIpc) is 2.68. The molecule has 2 aliphatic heterocycles. The minimum absolute atomic E-state index is 0.0250. The van der Waals surface area contributed by atoms with Gasteiger partial charge in [-0.25, -0.2) is 8.42 Å². The zero-order valence-electron chi connectivity index (χ0n) is 16.3. The number of amides is 1. The number of ketones is 1. The molecule has 2 saturated heterocycles. The number of carbonyl (C=O) groups excluding carboxylic acids is 2. The molecular weight excluding hydrogens is 382 g/mol. The van der Waals surface area contributed by atoms with Crippen LogP contribution in [0.2, 0.25) is 0 Å². The zero-order valence-corrected chi connectivity index (χ0v) is 17.2. The molecule has 1 amide bonds. The van der Waals surface area contributed by atoms with Crippen molar-refractivity contribution < 1.29 is 22.7 Å². The first kappa shape index (κ1) is 20.9. The van der Waals surface area contributed by atoms with E-state index in [1.54, 1.807) is 4.90 Å². The van der Waals surface area contributed by atoms with Crippen LogP contribution < -0.4 is 0 Å². The van der Waals surface area contributed by atoms with Gasteiger partial charge >= 0.3 is 0 Å². The van der Waals surface area contributed by atoms with Gasteiger partial charge in [0, 0.05) is 44.8 Å². The largest absolute Gasteiger partial charge is 0.376 e. The molecule has 0 saturated carbocycles. The predicted octanol–water partition coefficient (Wildman–Crippen LogP) is 0.443. The number of benzene rings is 1. The van der Waals surface area contributed by atoms with Crippen molar-refractivity contribution in [2.45, 2.75) is 24.8 Å². The standard InChI is InChI=1S/C19H27N3O5S/c1-15-13-20(11-12-27-15)14-19(24)21-7-9-22(10-8-21)28(25,26)18-5-3-17(4-6-18)16(2)23/h3-6,15H,7-14H2,1-2H3.